The van der Waals surface area contributed by atoms with Crippen LogP contribution in [0.15, 0.2) is 30.3 Å². The van der Waals surface area contributed by atoms with Crippen molar-refractivity contribution in [3.8, 4) is 0 Å². The zero-order chi connectivity index (χ0) is 22.8. The van der Waals surface area contributed by atoms with Crippen LogP contribution in [0.3, 0.4) is 0 Å². The van der Waals surface area contributed by atoms with E-state index in [4.69, 9.17) is 4.74 Å². The summed E-state index contributed by atoms with van der Waals surface area (Å²) in [7, 11) is 0. The van der Waals surface area contributed by atoms with Crippen molar-refractivity contribution >= 4 is 35.5 Å². The van der Waals surface area contributed by atoms with Gasteiger partial charge in [-0.05, 0) is 33.3 Å². The Hall–Kier alpha value is -2.55. The molecule has 0 saturated carbocycles. The van der Waals surface area contributed by atoms with Crippen LogP contribution in [0, 0.1) is 0 Å². The molecule has 0 radical (unpaired) electrons. The van der Waals surface area contributed by atoms with Crippen molar-refractivity contribution in [3.05, 3.63) is 35.9 Å². The second kappa shape index (κ2) is 9.30. The maximum absolute atomic E-state index is 12.8. The zero-order valence-electron chi connectivity index (χ0n) is 18.3. The van der Waals surface area contributed by atoms with Crippen molar-refractivity contribution < 1.29 is 23.9 Å². The molecule has 8 nitrogen and oxygen atoms in total. The largest absolute Gasteiger partial charge is 0.454 e. The van der Waals surface area contributed by atoms with Crippen molar-refractivity contribution in [1.29, 1.82) is 0 Å². The van der Waals surface area contributed by atoms with Crippen molar-refractivity contribution in [3.63, 3.8) is 0 Å². The van der Waals surface area contributed by atoms with Crippen LogP contribution >= 0.6 is 11.8 Å². The minimum atomic E-state index is -0.804. The molecule has 2 heterocycles. The average Bonchev–Trinajstić information content (AvgIpc) is 2.99. The second-order valence-electron chi connectivity index (χ2n) is 8.14. The summed E-state index contributed by atoms with van der Waals surface area (Å²) in [6, 6.07) is 7.82. The Morgan fingerprint density at radius 3 is 2.42 bits per heavy atom. The number of esters is 1. The SMILES string of the molecule is CCN(CC)C(=O)COC(=O)[C@@H]1N2C(=O)[C@@H](NC(=O)Cc3ccccc3)[C@H]2SC1(C)C. The van der Waals surface area contributed by atoms with E-state index in [1.807, 2.05) is 58.0 Å². The van der Waals surface area contributed by atoms with Crippen molar-refractivity contribution in [1.82, 2.24) is 15.1 Å². The summed E-state index contributed by atoms with van der Waals surface area (Å²) in [5, 5.41) is 2.46. The molecule has 0 aliphatic carbocycles. The summed E-state index contributed by atoms with van der Waals surface area (Å²) < 4.78 is 4.68. The van der Waals surface area contributed by atoms with Crippen LogP contribution in [0.4, 0.5) is 0 Å². The Labute approximate surface area is 186 Å². The third-order valence-electron chi connectivity index (χ3n) is 5.64. The minimum Gasteiger partial charge on any atom is -0.454 e. The number of rotatable bonds is 8. The first kappa shape index (κ1) is 23.1. The van der Waals surface area contributed by atoms with E-state index in [9.17, 15) is 19.2 Å². The maximum Gasteiger partial charge on any atom is 0.330 e. The standard InChI is InChI=1S/C22H29N3O5S/c1-5-24(6-2)16(27)13-30-21(29)18-22(3,4)31-20-17(19(28)25(18)20)23-15(26)12-14-10-8-7-9-11-14/h7-11,17-18,20H,5-6,12-13H2,1-4H3,(H,23,26)/t17-,18+,20-/m1/s1. The van der Waals surface area contributed by atoms with Gasteiger partial charge in [0.2, 0.25) is 11.8 Å². The highest BCUT2D eigenvalue weighted by Crippen LogP contribution is 2.51. The molecule has 3 amide bonds. The van der Waals surface area contributed by atoms with Gasteiger partial charge in [-0.25, -0.2) is 4.79 Å². The van der Waals surface area contributed by atoms with E-state index in [0.29, 0.717) is 13.1 Å². The van der Waals surface area contributed by atoms with E-state index in [1.165, 1.54) is 16.7 Å². The van der Waals surface area contributed by atoms with Gasteiger partial charge < -0.3 is 19.9 Å². The van der Waals surface area contributed by atoms with Gasteiger partial charge in [-0.3, -0.25) is 14.4 Å². The number of amides is 3. The average molecular weight is 448 g/mol. The first-order valence-corrected chi connectivity index (χ1v) is 11.3. The number of β-lactam (4-membered cyclic amide) rings is 1. The van der Waals surface area contributed by atoms with Crippen LogP contribution in [0.25, 0.3) is 0 Å². The number of benzene rings is 1. The highest BCUT2D eigenvalue weighted by Gasteiger charge is 2.64. The predicted molar refractivity (Wildman–Crippen MR) is 117 cm³/mol. The lowest BCUT2D eigenvalue weighted by atomic mass is 9.96. The predicted octanol–water partition coefficient (Wildman–Crippen LogP) is 1.19. The van der Waals surface area contributed by atoms with E-state index in [-0.39, 0.29) is 36.1 Å². The molecule has 168 valence electrons. The summed E-state index contributed by atoms with van der Waals surface area (Å²) in [6.07, 6.45) is 0.185. The van der Waals surface area contributed by atoms with Crippen LogP contribution in [-0.2, 0) is 30.3 Å². The summed E-state index contributed by atoms with van der Waals surface area (Å²) in [5.74, 6) is -1.40. The number of likely N-dealkylation sites (N-methyl/N-ethyl adjacent to an activating group) is 1. The van der Waals surface area contributed by atoms with Gasteiger partial charge in [-0.15, -0.1) is 11.8 Å². The molecule has 0 aromatic heterocycles. The molecule has 1 N–H and O–H groups in total. The summed E-state index contributed by atoms with van der Waals surface area (Å²) >= 11 is 1.46. The van der Waals surface area contributed by atoms with E-state index < -0.39 is 22.8 Å². The Bertz CT molecular complexity index is 856. The third kappa shape index (κ3) is 4.71. The number of hydrogen-bond acceptors (Lipinski definition) is 6. The van der Waals surface area contributed by atoms with Gasteiger partial charge in [0.15, 0.2) is 6.61 Å². The van der Waals surface area contributed by atoms with Crippen LogP contribution in [0.2, 0.25) is 0 Å². The fraction of sp³-hybridized carbons (Fsp3) is 0.545. The summed E-state index contributed by atoms with van der Waals surface area (Å²) in [4.78, 5) is 53.2. The van der Waals surface area contributed by atoms with E-state index in [1.54, 1.807) is 4.90 Å². The fourth-order valence-electron chi connectivity index (χ4n) is 4.01. The minimum absolute atomic E-state index is 0.185. The molecule has 0 bridgehead atoms. The molecule has 2 aliphatic rings. The first-order chi connectivity index (χ1) is 14.7. The third-order valence-corrected chi connectivity index (χ3v) is 7.21. The molecule has 2 fully saturated rings. The quantitative estimate of drug-likeness (QED) is 0.475. The molecule has 2 saturated heterocycles. The highest BCUT2D eigenvalue weighted by molar-refractivity contribution is 8.01. The molecule has 3 rings (SSSR count). The number of nitrogens with zero attached hydrogens (tertiary/aromatic N) is 2. The maximum atomic E-state index is 12.8. The van der Waals surface area contributed by atoms with Crippen LogP contribution in [-0.4, -0.2) is 75.4 Å². The molecule has 1 aromatic carbocycles. The number of thioether (sulfide) groups is 1. The topological polar surface area (TPSA) is 96.0 Å². The molecule has 2 aliphatic heterocycles. The van der Waals surface area contributed by atoms with Crippen LogP contribution < -0.4 is 5.32 Å². The van der Waals surface area contributed by atoms with E-state index >= 15 is 0 Å². The number of ether oxygens (including phenoxy) is 1. The molecule has 3 atom stereocenters. The fourth-order valence-corrected chi connectivity index (χ4v) is 5.63. The molecule has 1 aromatic rings. The van der Waals surface area contributed by atoms with Crippen molar-refractivity contribution in [2.45, 2.75) is 56.3 Å². The number of carbonyl (C=O) groups excluding carboxylic acids is 4. The Kier molecular flexibility index (Phi) is 6.93. The molecule has 9 heteroatoms. The van der Waals surface area contributed by atoms with E-state index in [2.05, 4.69) is 5.32 Å². The van der Waals surface area contributed by atoms with Gasteiger partial charge in [0.25, 0.3) is 5.91 Å². The zero-order valence-corrected chi connectivity index (χ0v) is 19.1. The molecular formula is C22H29N3O5S. The molecular weight excluding hydrogens is 418 g/mol. The summed E-state index contributed by atoms with van der Waals surface area (Å²) in [5.41, 5.74) is 0.863. The number of hydrogen-bond donors (Lipinski definition) is 1. The smallest absolute Gasteiger partial charge is 0.330 e. The van der Waals surface area contributed by atoms with Gasteiger partial charge >= 0.3 is 5.97 Å². The number of fused-ring (bicyclic) bond motifs is 1. The van der Waals surface area contributed by atoms with Crippen molar-refractivity contribution in [2.75, 3.05) is 19.7 Å². The monoisotopic (exact) mass is 447 g/mol. The lowest BCUT2D eigenvalue weighted by Gasteiger charge is -2.44. The van der Waals surface area contributed by atoms with Gasteiger partial charge in [-0.1, -0.05) is 30.3 Å². The highest BCUT2D eigenvalue weighted by atomic mass is 32.2. The van der Waals surface area contributed by atoms with Crippen LogP contribution in [0.1, 0.15) is 33.3 Å². The van der Waals surface area contributed by atoms with Crippen molar-refractivity contribution in [2.24, 2.45) is 0 Å². The van der Waals surface area contributed by atoms with Gasteiger partial charge in [0.05, 0.1) is 6.42 Å². The lowest BCUT2D eigenvalue weighted by Crippen LogP contribution is -2.70. The van der Waals surface area contributed by atoms with Gasteiger partial charge in [0, 0.05) is 17.8 Å². The molecule has 0 spiro atoms. The molecule has 31 heavy (non-hydrogen) atoms. The first-order valence-electron chi connectivity index (χ1n) is 10.5. The number of nitrogens with one attached hydrogen (secondary N) is 1. The van der Waals surface area contributed by atoms with Crippen LogP contribution in [0.5, 0.6) is 0 Å². The van der Waals surface area contributed by atoms with Gasteiger partial charge in [0.1, 0.15) is 17.5 Å². The Morgan fingerprint density at radius 1 is 1.16 bits per heavy atom. The summed E-state index contributed by atoms with van der Waals surface area (Å²) in [6.45, 7) is 8.17. The Balaban J connectivity index is 1.60. The molecule has 0 unspecified atom stereocenters. The van der Waals surface area contributed by atoms with E-state index in [0.717, 1.165) is 5.56 Å². The Morgan fingerprint density at radius 2 is 1.81 bits per heavy atom. The normalized spacial score (nSPS) is 23.5. The number of carbonyl (C=O) groups is 4. The second-order valence-corrected chi connectivity index (χ2v) is 9.91. The lowest BCUT2D eigenvalue weighted by molar-refractivity contribution is -0.166. The van der Waals surface area contributed by atoms with Gasteiger partial charge in [-0.2, -0.15) is 0 Å².